The van der Waals surface area contributed by atoms with Gasteiger partial charge in [0.1, 0.15) is 0 Å². The summed E-state index contributed by atoms with van der Waals surface area (Å²) in [4.78, 5) is 0. The van der Waals surface area contributed by atoms with E-state index in [1.807, 2.05) is 43.8 Å². The molecule has 0 amide bonds. The molecular weight excluding hydrogens is 190 g/mol. The lowest BCUT2D eigenvalue weighted by molar-refractivity contribution is 0.795. The van der Waals surface area contributed by atoms with Crippen LogP contribution in [0.15, 0.2) is 23.4 Å². The third-order valence-electron chi connectivity index (χ3n) is 2.24. The summed E-state index contributed by atoms with van der Waals surface area (Å²) in [6.07, 6.45) is 3.77. The quantitative estimate of drug-likeness (QED) is 0.686. The van der Waals surface area contributed by atoms with Crippen LogP contribution >= 0.6 is 0 Å². The molecule has 5 heteroatoms. The maximum Gasteiger partial charge on any atom is 0.151 e. The van der Waals surface area contributed by atoms with Gasteiger partial charge in [0.25, 0.3) is 0 Å². The minimum atomic E-state index is 0.790. The summed E-state index contributed by atoms with van der Waals surface area (Å²) in [5.41, 5.74) is 1.04. The fraction of sp³-hybridized carbons (Fsp3) is 0.300. The number of nitrogens with zero attached hydrogens (tertiary/aromatic N) is 5. The van der Waals surface area contributed by atoms with Gasteiger partial charge < -0.3 is 4.57 Å². The molecule has 0 aliphatic carbocycles. The third kappa shape index (κ3) is 1.81. The predicted molar refractivity (Wildman–Crippen MR) is 57.9 cm³/mol. The normalized spacial score (nSPS) is 11.4. The molecule has 5 nitrogen and oxygen atoms in total. The van der Waals surface area contributed by atoms with Crippen molar-refractivity contribution in [2.45, 2.75) is 13.8 Å². The highest BCUT2D eigenvalue weighted by Gasteiger charge is 2.01. The predicted octanol–water partition coefficient (Wildman–Crippen LogP) is 1.12. The second-order valence-electron chi connectivity index (χ2n) is 3.39. The molecule has 0 unspecified atom stereocenters. The Balaban J connectivity index is 2.30. The molecule has 0 saturated carbocycles. The maximum absolute atomic E-state index is 4.31. The molecule has 0 fully saturated rings. The lowest BCUT2D eigenvalue weighted by atomic mass is 10.5. The first kappa shape index (κ1) is 9.64. The van der Waals surface area contributed by atoms with E-state index in [9.17, 15) is 0 Å². The zero-order valence-electron chi connectivity index (χ0n) is 9.05. The third-order valence-corrected chi connectivity index (χ3v) is 2.24. The lowest BCUT2D eigenvalue weighted by Gasteiger charge is -1.98. The molecule has 0 spiro atoms. The van der Waals surface area contributed by atoms with Gasteiger partial charge in [0.2, 0.25) is 0 Å². The second-order valence-corrected chi connectivity index (χ2v) is 3.39. The van der Waals surface area contributed by atoms with Gasteiger partial charge in [-0.1, -0.05) is 0 Å². The van der Waals surface area contributed by atoms with E-state index >= 15 is 0 Å². The Morgan fingerprint density at radius 3 is 2.47 bits per heavy atom. The lowest BCUT2D eigenvalue weighted by Crippen LogP contribution is -1.99. The van der Waals surface area contributed by atoms with Crippen molar-refractivity contribution in [1.82, 2.24) is 19.4 Å². The minimum absolute atomic E-state index is 0.790. The monoisotopic (exact) mass is 203 g/mol. The molecule has 0 aromatic carbocycles. The van der Waals surface area contributed by atoms with E-state index in [0.717, 1.165) is 17.3 Å². The van der Waals surface area contributed by atoms with E-state index in [1.54, 1.807) is 10.9 Å². The van der Waals surface area contributed by atoms with Crippen molar-refractivity contribution in [2.75, 3.05) is 0 Å². The Kier molecular flexibility index (Phi) is 2.37. The van der Waals surface area contributed by atoms with Gasteiger partial charge in [-0.15, -0.1) is 10.2 Å². The van der Waals surface area contributed by atoms with Crippen molar-refractivity contribution in [3.05, 3.63) is 35.7 Å². The Hall–Kier alpha value is -1.91. The first-order valence-corrected chi connectivity index (χ1v) is 4.73. The number of hydrogen-bond donors (Lipinski definition) is 0. The summed E-state index contributed by atoms with van der Waals surface area (Å²) in [6.45, 7) is 3.75. The molecule has 2 aromatic rings. The van der Waals surface area contributed by atoms with E-state index in [-0.39, 0.29) is 0 Å². The summed E-state index contributed by atoms with van der Waals surface area (Å²) in [6, 6.07) is 3.98. The van der Waals surface area contributed by atoms with Crippen molar-refractivity contribution in [1.29, 1.82) is 0 Å². The average Bonchev–Trinajstić information content (AvgIpc) is 2.73. The zero-order valence-corrected chi connectivity index (χ0v) is 9.05. The highest BCUT2D eigenvalue weighted by atomic mass is 15.4. The summed E-state index contributed by atoms with van der Waals surface area (Å²) in [7, 11) is 1.98. The van der Waals surface area contributed by atoms with Crippen LogP contribution in [-0.4, -0.2) is 25.7 Å². The Bertz CT molecular complexity index is 472. The Morgan fingerprint density at radius 1 is 1.27 bits per heavy atom. The van der Waals surface area contributed by atoms with Crippen LogP contribution in [-0.2, 0) is 7.05 Å². The molecule has 0 aliphatic rings. The topological polar surface area (TPSA) is 48.0 Å². The van der Waals surface area contributed by atoms with Gasteiger partial charge in [-0.3, -0.25) is 0 Å². The van der Waals surface area contributed by atoms with Gasteiger partial charge >= 0.3 is 0 Å². The number of aromatic nitrogens is 4. The molecule has 2 aromatic heterocycles. The molecule has 2 heterocycles. The Labute approximate surface area is 88.1 Å². The molecule has 2 rings (SSSR count). The van der Waals surface area contributed by atoms with Gasteiger partial charge in [-0.25, -0.2) is 4.68 Å². The molecule has 0 bridgehead atoms. The molecule has 78 valence electrons. The van der Waals surface area contributed by atoms with Crippen molar-refractivity contribution < 1.29 is 0 Å². The highest BCUT2D eigenvalue weighted by Crippen LogP contribution is 2.00. The van der Waals surface area contributed by atoms with Crippen LogP contribution in [0.25, 0.3) is 0 Å². The number of rotatable bonds is 2. The summed E-state index contributed by atoms with van der Waals surface area (Å²) >= 11 is 0. The molecule has 0 radical (unpaired) electrons. The summed E-state index contributed by atoms with van der Waals surface area (Å²) < 4.78 is 3.71. The van der Waals surface area contributed by atoms with Crippen molar-refractivity contribution >= 4 is 6.21 Å². The van der Waals surface area contributed by atoms with Crippen LogP contribution in [0, 0.1) is 13.8 Å². The molecule has 0 saturated heterocycles. The van der Waals surface area contributed by atoms with Crippen molar-refractivity contribution in [3.8, 4) is 0 Å². The standard InChI is InChI=1S/C10H13N5/c1-8-12-13-9(2)15(8)11-7-10-5-4-6-14(10)3/h4-7H,1-3H3. The van der Waals surface area contributed by atoms with Crippen molar-refractivity contribution in [3.63, 3.8) is 0 Å². The van der Waals surface area contributed by atoms with E-state index in [1.165, 1.54) is 0 Å². The van der Waals surface area contributed by atoms with E-state index in [2.05, 4.69) is 15.3 Å². The number of hydrogen-bond acceptors (Lipinski definition) is 3. The van der Waals surface area contributed by atoms with Gasteiger partial charge in [0.15, 0.2) is 11.6 Å². The van der Waals surface area contributed by atoms with Crippen LogP contribution in [0.5, 0.6) is 0 Å². The molecule has 0 N–H and O–H groups in total. The molecule has 0 aliphatic heterocycles. The molecular formula is C10H13N5. The summed E-state index contributed by atoms with van der Waals surface area (Å²) in [5, 5.41) is 12.2. The van der Waals surface area contributed by atoms with E-state index < -0.39 is 0 Å². The first-order valence-electron chi connectivity index (χ1n) is 4.73. The van der Waals surface area contributed by atoms with E-state index in [4.69, 9.17) is 0 Å². The Morgan fingerprint density at radius 2 is 1.93 bits per heavy atom. The molecule has 0 atom stereocenters. The van der Waals surface area contributed by atoms with Gasteiger partial charge in [-0.2, -0.15) is 5.10 Å². The fourth-order valence-corrected chi connectivity index (χ4v) is 1.36. The average molecular weight is 203 g/mol. The minimum Gasteiger partial charge on any atom is -0.350 e. The largest absolute Gasteiger partial charge is 0.350 e. The smallest absolute Gasteiger partial charge is 0.151 e. The fourth-order valence-electron chi connectivity index (χ4n) is 1.36. The van der Waals surface area contributed by atoms with Crippen LogP contribution in [0.1, 0.15) is 17.3 Å². The maximum atomic E-state index is 4.31. The van der Waals surface area contributed by atoms with Gasteiger partial charge in [-0.05, 0) is 26.0 Å². The second kappa shape index (κ2) is 3.68. The first-order chi connectivity index (χ1) is 7.18. The number of aryl methyl sites for hydroxylation is 3. The van der Waals surface area contributed by atoms with Crippen LogP contribution in [0.3, 0.4) is 0 Å². The zero-order chi connectivity index (χ0) is 10.8. The van der Waals surface area contributed by atoms with Crippen LogP contribution in [0.4, 0.5) is 0 Å². The SMILES string of the molecule is Cc1nnc(C)n1N=Cc1cccn1C. The summed E-state index contributed by atoms with van der Waals surface area (Å²) in [5.74, 6) is 1.58. The molecule has 15 heavy (non-hydrogen) atoms. The van der Waals surface area contributed by atoms with Gasteiger partial charge in [0.05, 0.1) is 11.9 Å². The van der Waals surface area contributed by atoms with Crippen molar-refractivity contribution in [2.24, 2.45) is 12.1 Å². The van der Waals surface area contributed by atoms with E-state index in [0.29, 0.717) is 0 Å². The van der Waals surface area contributed by atoms with Crippen LogP contribution < -0.4 is 0 Å². The highest BCUT2D eigenvalue weighted by molar-refractivity contribution is 5.77. The van der Waals surface area contributed by atoms with Gasteiger partial charge in [0, 0.05) is 13.2 Å². The van der Waals surface area contributed by atoms with Crippen LogP contribution in [0.2, 0.25) is 0 Å².